The summed E-state index contributed by atoms with van der Waals surface area (Å²) in [7, 11) is 0. The minimum atomic E-state index is 0.456. The van der Waals surface area contributed by atoms with Gasteiger partial charge in [-0.05, 0) is 6.92 Å². The highest BCUT2D eigenvalue weighted by atomic mass is 32.2. The molecule has 2 atom stereocenters. The highest BCUT2D eigenvalue weighted by Crippen LogP contribution is 2.23. The molecular formula is C9H17NS2. The lowest BCUT2D eigenvalue weighted by atomic mass is 10.3. The Bertz CT molecular complexity index is 132. The first-order valence-corrected chi connectivity index (χ1v) is 6.58. The summed E-state index contributed by atoms with van der Waals surface area (Å²) in [6, 6.07) is 0.456. The van der Waals surface area contributed by atoms with E-state index in [1.165, 1.54) is 17.3 Å². The van der Waals surface area contributed by atoms with Crippen LogP contribution in [0.2, 0.25) is 0 Å². The fraction of sp³-hybridized carbons (Fsp3) is 0.778. The maximum atomic E-state index is 3.75. The van der Waals surface area contributed by atoms with E-state index in [9.17, 15) is 0 Å². The van der Waals surface area contributed by atoms with Crippen molar-refractivity contribution >= 4 is 23.5 Å². The average molecular weight is 203 g/mol. The second kappa shape index (κ2) is 5.95. The number of hydrogen-bond acceptors (Lipinski definition) is 3. The van der Waals surface area contributed by atoms with Crippen LogP contribution in [0.5, 0.6) is 0 Å². The third-order valence-electron chi connectivity index (χ3n) is 1.91. The number of thioether (sulfide) groups is 2. The van der Waals surface area contributed by atoms with Crippen LogP contribution >= 0.6 is 23.5 Å². The highest BCUT2D eigenvalue weighted by Gasteiger charge is 2.13. The first-order chi connectivity index (χ1) is 5.83. The summed E-state index contributed by atoms with van der Waals surface area (Å²) < 4.78 is 0. The maximum absolute atomic E-state index is 3.75. The summed E-state index contributed by atoms with van der Waals surface area (Å²) in [5.74, 6) is 3.96. The van der Waals surface area contributed by atoms with E-state index in [0.717, 1.165) is 11.8 Å². The molecule has 0 saturated carbocycles. The molecule has 0 aliphatic carbocycles. The molecule has 1 heterocycles. The Labute approximate surface area is 83.8 Å². The Morgan fingerprint density at radius 3 is 3.08 bits per heavy atom. The molecule has 0 amide bonds. The summed E-state index contributed by atoms with van der Waals surface area (Å²) in [6.07, 6.45) is 1.96. The SMILES string of the molecule is C=CC(C)NCC1CSCCS1. The molecule has 0 bridgehead atoms. The first-order valence-electron chi connectivity index (χ1n) is 4.38. The third-order valence-corrected chi connectivity index (χ3v) is 4.75. The minimum absolute atomic E-state index is 0.456. The molecule has 1 aliphatic rings. The van der Waals surface area contributed by atoms with E-state index in [1.54, 1.807) is 0 Å². The summed E-state index contributed by atoms with van der Waals surface area (Å²) in [4.78, 5) is 0. The number of hydrogen-bond donors (Lipinski definition) is 1. The van der Waals surface area contributed by atoms with E-state index in [0.29, 0.717) is 6.04 Å². The van der Waals surface area contributed by atoms with Gasteiger partial charge in [-0.25, -0.2) is 0 Å². The van der Waals surface area contributed by atoms with E-state index in [2.05, 4.69) is 42.3 Å². The van der Waals surface area contributed by atoms with Gasteiger partial charge in [-0.1, -0.05) is 6.08 Å². The minimum Gasteiger partial charge on any atom is -0.310 e. The van der Waals surface area contributed by atoms with Gasteiger partial charge < -0.3 is 5.32 Å². The van der Waals surface area contributed by atoms with E-state index in [4.69, 9.17) is 0 Å². The van der Waals surface area contributed by atoms with Gasteiger partial charge in [-0.15, -0.1) is 6.58 Å². The van der Waals surface area contributed by atoms with Gasteiger partial charge in [0.2, 0.25) is 0 Å². The van der Waals surface area contributed by atoms with Crippen molar-refractivity contribution in [2.75, 3.05) is 23.8 Å². The number of nitrogens with one attached hydrogen (secondary N) is 1. The Hall–Kier alpha value is 0.400. The summed E-state index contributed by atoms with van der Waals surface area (Å²) in [5.41, 5.74) is 0. The van der Waals surface area contributed by atoms with Crippen molar-refractivity contribution in [3.8, 4) is 0 Å². The lowest BCUT2D eigenvalue weighted by Crippen LogP contribution is -2.33. The van der Waals surface area contributed by atoms with Crippen molar-refractivity contribution in [2.45, 2.75) is 18.2 Å². The Kier molecular flexibility index (Phi) is 5.19. The summed E-state index contributed by atoms with van der Waals surface area (Å²) >= 11 is 4.17. The molecule has 3 heteroatoms. The van der Waals surface area contributed by atoms with E-state index in [1.807, 2.05) is 6.08 Å². The van der Waals surface area contributed by atoms with Gasteiger partial charge in [0, 0.05) is 35.1 Å². The zero-order chi connectivity index (χ0) is 8.81. The Morgan fingerprint density at radius 2 is 2.50 bits per heavy atom. The van der Waals surface area contributed by atoms with Crippen molar-refractivity contribution in [3.05, 3.63) is 12.7 Å². The van der Waals surface area contributed by atoms with E-state index >= 15 is 0 Å². The van der Waals surface area contributed by atoms with Crippen LogP contribution < -0.4 is 5.32 Å². The molecule has 0 radical (unpaired) electrons. The number of rotatable bonds is 4. The molecule has 1 rings (SSSR count). The smallest absolute Gasteiger partial charge is 0.0263 e. The predicted octanol–water partition coefficient (Wildman–Crippen LogP) is 2.00. The lowest BCUT2D eigenvalue weighted by molar-refractivity contribution is 0.633. The van der Waals surface area contributed by atoms with Crippen LogP contribution in [0, 0.1) is 0 Å². The average Bonchev–Trinajstić information content (AvgIpc) is 2.16. The van der Waals surface area contributed by atoms with Crippen molar-refractivity contribution in [3.63, 3.8) is 0 Å². The molecule has 2 unspecified atom stereocenters. The molecule has 0 aromatic carbocycles. The molecule has 0 aromatic heterocycles. The second-order valence-electron chi connectivity index (χ2n) is 3.00. The van der Waals surface area contributed by atoms with Crippen LogP contribution in [0.1, 0.15) is 6.92 Å². The Balaban J connectivity index is 2.08. The molecule has 1 aliphatic heterocycles. The third kappa shape index (κ3) is 3.87. The maximum Gasteiger partial charge on any atom is 0.0263 e. The van der Waals surface area contributed by atoms with E-state index < -0.39 is 0 Å². The molecule has 1 nitrogen and oxygen atoms in total. The lowest BCUT2D eigenvalue weighted by Gasteiger charge is -2.22. The molecule has 70 valence electrons. The van der Waals surface area contributed by atoms with Gasteiger partial charge in [0.1, 0.15) is 0 Å². The fourth-order valence-electron chi connectivity index (χ4n) is 1.06. The van der Waals surface area contributed by atoms with Crippen LogP contribution in [0.4, 0.5) is 0 Å². The van der Waals surface area contributed by atoms with Gasteiger partial charge in [-0.3, -0.25) is 0 Å². The van der Waals surface area contributed by atoms with Gasteiger partial charge in [0.25, 0.3) is 0 Å². The van der Waals surface area contributed by atoms with Crippen molar-refractivity contribution in [1.82, 2.24) is 5.32 Å². The largest absolute Gasteiger partial charge is 0.310 e. The van der Waals surface area contributed by atoms with Crippen molar-refractivity contribution < 1.29 is 0 Å². The van der Waals surface area contributed by atoms with E-state index in [-0.39, 0.29) is 0 Å². The second-order valence-corrected chi connectivity index (χ2v) is 5.56. The monoisotopic (exact) mass is 203 g/mol. The predicted molar refractivity (Wildman–Crippen MR) is 61.2 cm³/mol. The zero-order valence-corrected chi connectivity index (χ0v) is 9.22. The quantitative estimate of drug-likeness (QED) is 0.702. The molecule has 12 heavy (non-hydrogen) atoms. The fourth-order valence-corrected chi connectivity index (χ4v) is 3.68. The van der Waals surface area contributed by atoms with Crippen LogP contribution in [-0.4, -0.2) is 35.1 Å². The summed E-state index contributed by atoms with van der Waals surface area (Å²) in [6.45, 7) is 7.03. The molecule has 0 aromatic rings. The molecule has 0 spiro atoms. The van der Waals surface area contributed by atoms with Gasteiger partial charge in [0.15, 0.2) is 0 Å². The molecule has 1 saturated heterocycles. The van der Waals surface area contributed by atoms with Gasteiger partial charge in [0.05, 0.1) is 0 Å². The topological polar surface area (TPSA) is 12.0 Å². The van der Waals surface area contributed by atoms with Crippen LogP contribution in [-0.2, 0) is 0 Å². The van der Waals surface area contributed by atoms with Crippen LogP contribution in [0.15, 0.2) is 12.7 Å². The summed E-state index contributed by atoms with van der Waals surface area (Å²) in [5, 5.41) is 4.26. The zero-order valence-electron chi connectivity index (χ0n) is 7.58. The van der Waals surface area contributed by atoms with Crippen LogP contribution in [0.3, 0.4) is 0 Å². The highest BCUT2D eigenvalue weighted by molar-refractivity contribution is 8.06. The molecule has 1 fully saturated rings. The first kappa shape index (κ1) is 10.5. The standard InChI is InChI=1S/C9H17NS2/c1-3-8(2)10-6-9-7-11-4-5-12-9/h3,8-10H,1,4-7H2,2H3. The van der Waals surface area contributed by atoms with Gasteiger partial charge >= 0.3 is 0 Å². The van der Waals surface area contributed by atoms with Crippen LogP contribution in [0.25, 0.3) is 0 Å². The molecule has 1 N–H and O–H groups in total. The van der Waals surface area contributed by atoms with Crippen molar-refractivity contribution in [2.24, 2.45) is 0 Å². The normalized spacial score (nSPS) is 26.6. The Morgan fingerprint density at radius 1 is 1.67 bits per heavy atom. The molecular weight excluding hydrogens is 186 g/mol. The van der Waals surface area contributed by atoms with Gasteiger partial charge in [-0.2, -0.15) is 23.5 Å². The van der Waals surface area contributed by atoms with Crippen molar-refractivity contribution in [1.29, 1.82) is 0 Å².